The number of nitro groups is 1. The van der Waals surface area contributed by atoms with Gasteiger partial charge in [0.1, 0.15) is 18.8 Å². The molecule has 0 aromatic heterocycles. The van der Waals surface area contributed by atoms with Gasteiger partial charge in [0, 0.05) is 80.7 Å². The average Bonchev–Trinajstić information content (AvgIpc) is 3.20. The molecule has 6 N–H and O–H groups in total. The molecule has 1 unspecified atom stereocenters. The lowest BCUT2D eigenvalue weighted by Crippen LogP contribution is -2.56. The molecule has 0 aliphatic rings. The zero-order chi connectivity index (χ0) is 50.8. The smallest absolute Gasteiger partial charge is 0.410 e. The highest BCUT2D eigenvalue weighted by Gasteiger charge is 2.43. The van der Waals surface area contributed by atoms with Crippen LogP contribution < -0.4 is 27.0 Å². The number of ether oxygens (including phenoxy) is 9. The van der Waals surface area contributed by atoms with Gasteiger partial charge in [-0.05, 0) is 62.3 Å². The van der Waals surface area contributed by atoms with Gasteiger partial charge in [-0.25, -0.2) is 14.4 Å². The molecule has 0 aromatic carbocycles. The molecule has 0 aliphatic carbocycles. The van der Waals surface area contributed by atoms with Crippen LogP contribution in [0.3, 0.4) is 0 Å². The molecular formula is C43H81N7O17. The summed E-state index contributed by atoms with van der Waals surface area (Å²) in [5.74, 6) is -1.41. The number of rotatable bonds is 37. The van der Waals surface area contributed by atoms with Crippen LogP contribution in [0.25, 0.3) is 0 Å². The number of nitrogens with zero attached hydrogens (tertiary/aromatic N) is 2. The summed E-state index contributed by atoms with van der Waals surface area (Å²) in [6.45, 7) is 19.9. The van der Waals surface area contributed by atoms with E-state index in [1.165, 1.54) is 0 Å². The third kappa shape index (κ3) is 34.3. The van der Waals surface area contributed by atoms with Crippen molar-refractivity contribution >= 4 is 36.0 Å². The van der Waals surface area contributed by atoms with Crippen molar-refractivity contribution in [2.75, 3.05) is 119 Å². The molecule has 0 aromatic rings. The summed E-state index contributed by atoms with van der Waals surface area (Å²) >= 11 is 0. The molecule has 24 nitrogen and oxygen atoms in total. The van der Waals surface area contributed by atoms with Crippen molar-refractivity contribution in [3.8, 4) is 0 Å². The van der Waals surface area contributed by atoms with Crippen molar-refractivity contribution < 1.29 is 76.3 Å². The number of primary amides is 1. The number of nitrogens with two attached hydrogens (primary N) is 1. The van der Waals surface area contributed by atoms with Crippen molar-refractivity contribution in [3.05, 3.63) is 10.1 Å². The van der Waals surface area contributed by atoms with Crippen LogP contribution >= 0.6 is 0 Å². The van der Waals surface area contributed by atoms with Crippen LogP contribution in [0.15, 0.2) is 0 Å². The zero-order valence-electron chi connectivity index (χ0n) is 41.4. The largest absolute Gasteiger partial charge is 0.447 e. The Bertz CT molecular complexity index is 1440. The van der Waals surface area contributed by atoms with Crippen molar-refractivity contribution in [2.24, 2.45) is 5.73 Å². The fourth-order valence-electron chi connectivity index (χ4n) is 6.25. The van der Waals surface area contributed by atoms with Crippen LogP contribution in [0.2, 0.25) is 0 Å². The van der Waals surface area contributed by atoms with Gasteiger partial charge in [-0.1, -0.05) is 0 Å². The molecule has 0 rings (SSSR count). The van der Waals surface area contributed by atoms with Crippen LogP contribution in [0, 0.1) is 10.1 Å². The fourth-order valence-corrected chi connectivity index (χ4v) is 6.25. The molecule has 390 valence electrons. The lowest BCUT2D eigenvalue weighted by molar-refractivity contribution is -0.573. The van der Waals surface area contributed by atoms with Crippen molar-refractivity contribution in [3.63, 3.8) is 0 Å². The zero-order valence-corrected chi connectivity index (χ0v) is 41.4. The van der Waals surface area contributed by atoms with Crippen LogP contribution in [0.4, 0.5) is 14.4 Å². The summed E-state index contributed by atoms with van der Waals surface area (Å²) in [5.41, 5.74) is 1.63. The first-order chi connectivity index (χ1) is 31.4. The van der Waals surface area contributed by atoms with Crippen LogP contribution in [-0.2, 0) is 57.0 Å². The summed E-state index contributed by atoms with van der Waals surface area (Å²) < 4.78 is 47.6. The molecule has 6 amide bonds. The molecule has 1 atom stereocenters. The summed E-state index contributed by atoms with van der Waals surface area (Å²) in [4.78, 5) is 87.0. The van der Waals surface area contributed by atoms with Gasteiger partial charge in [0.15, 0.2) is 0 Å². The van der Waals surface area contributed by atoms with E-state index in [4.69, 9.17) is 43.6 Å². The van der Waals surface area contributed by atoms with Gasteiger partial charge >= 0.3 is 18.3 Å². The maximum absolute atomic E-state index is 12.8. The van der Waals surface area contributed by atoms with Crippen LogP contribution in [0.1, 0.15) is 101 Å². The van der Waals surface area contributed by atoms with E-state index in [1.54, 1.807) is 25.7 Å². The Morgan fingerprint density at radius 3 is 1.12 bits per heavy atom. The highest BCUT2D eigenvalue weighted by molar-refractivity contribution is 5.77. The molecule has 24 heteroatoms. The number of carbonyl (C=O) groups excluding carboxylic acids is 6. The van der Waals surface area contributed by atoms with Gasteiger partial charge in [0.05, 0.1) is 79.3 Å². The minimum absolute atomic E-state index is 0.00421. The summed E-state index contributed by atoms with van der Waals surface area (Å²) in [6, 6.07) is 0. The molecule has 0 radical (unpaired) electrons. The lowest BCUT2D eigenvalue weighted by atomic mass is 9.84. The van der Waals surface area contributed by atoms with Gasteiger partial charge in [-0.2, -0.15) is 0 Å². The van der Waals surface area contributed by atoms with Gasteiger partial charge in [-0.15, -0.1) is 0 Å². The Morgan fingerprint density at radius 1 is 0.493 bits per heavy atom. The molecule has 0 spiro atoms. The molecule has 0 bridgehead atoms. The number of carbonyl (C=O) groups is 6. The molecule has 0 heterocycles. The normalized spacial score (nSPS) is 12.6. The molecule has 0 fully saturated rings. The average molecular weight is 968 g/mol. The van der Waals surface area contributed by atoms with E-state index in [0.29, 0.717) is 0 Å². The van der Waals surface area contributed by atoms with E-state index in [2.05, 4.69) is 26.0 Å². The molecule has 0 aliphatic heterocycles. The highest BCUT2D eigenvalue weighted by atomic mass is 16.6. The molecular weight excluding hydrogens is 887 g/mol. The van der Waals surface area contributed by atoms with Crippen LogP contribution in [-0.4, -0.2) is 187 Å². The standard InChI is InChI=1S/C43H81N7O17/c1-40(2,3)49(41(4,5)6)39(56)66-33-31-64-29-27-61-22-18-47-36(53)12-15-43(50(57)58,14-11-35(52)46-17-21-60-26-28-63-30-32-65-37(44)54)13-10-34(51)45-16-20-59-24-25-62-23-19-48-38(55)67-42(7,8)9/h10-33H2,1-9H3,(H2,44,54)(H,45,51)(H,46,52)(H,47,53)(H,48,55). The second-order valence-electron chi connectivity index (χ2n) is 18.1. The Morgan fingerprint density at radius 2 is 0.806 bits per heavy atom. The van der Waals surface area contributed by atoms with E-state index < -0.39 is 63.1 Å². The maximum atomic E-state index is 12.8. The summed E-state index contributed by atoms with van der Waals surface area (Å²) in [6.07, 6.45) is -3.33. The predicted molar refractivity (Wildman–Crippen MR) is 244 cm³/mol. The van der Waals surface area contributed by atoms with Crippen LogP contribution in [0.5, 0.6) is 0 Å². The number of hydrogen-bond acceptors (Lipinski definition) is 17. The molecule has 0 saturated carbocycles. The SMILES string of the molecule is CC(C)(C)OC(=O)NCCOCCOCCNC(=O)CCC(CCC(=O)NCCOCCOCCOC(N)=O)(CCC(=O)NCCOCCOCCOC(=O)N(C(C)(C)C)C(C)(C)C)[N+](=O)[O-]. The summed E-state index contributed by atoms with van der Waals surface area (Å²) in [7, 11) is 0. The highest BCUT2D eigenvalue weighted by Crippen LogP contribution is 2.29. The predicted octanol–water partition coefficient (Wildman–Crippen LogP) is 2.45. The topological polar surface area (TPSA) is 306 Å². The Labute approximate surface area is 395 Å². The second kappa shape index (κ2) is 34.6. The van der Waals surface area contributed by atoms with E-state index in [9.17, 15) is 38.9 Å². The third-order valence-corrected chi connectivity index (χ3v) is 9.03. The Balaban J connectivity index is 4.89. The molecule has 67 heavy (non-hydrogen) atoms. The van der Waals surface area contributed by atoms with Gasteiger partial charge < -0.3 is 69.6 Å². The monoisotopic (exact) mass is 968 g/mol. The Hall–Kier alpha value is -4.62. The van der Waals surface area contributed by atoms with E-state index >= 15 is 0 Å². The fraction of sp³-hybridized carbons (Fsp3) is 0.860. The van der Waals surface area contributed by atoms with Gasteiger partial charge in [0.25, 0.3) is 0 Å². The first kappa shape index (κ1) is 62.4. The van der Waals surface area contributed by atoms with Crippen molar-refractivity contribution in [2.45, 2.75) is 123 Å². The lowest BCUT2D eigenvalue weighted by Gasteiger charge is -2.44. The minimum atomic E-state index is -1.77. The number of amides is 6. The minimum Gasteiger partial charge on any atom is -0.447 e. The molecule has 0 saturated heterocycles. The third-order valence-electron chi connectivity index (χ3n) is 9.03. The van der Waals surface area contributed by atoms with Crippen molar-refractivity contribution in [1.29, 1.82) is 0 Å². The first-order valence-corrected chi connectivity index (χ1v) is 22.7. The van der Waals surface area contributed by atoms with Gasteiger partial charge in [0.2, 0.25) is 23.3 Å². The van der Waals surface area contributed by atoms with Gasteiger partial charge in [-0.3, -0.25) is 29.4 Å². The number of nitrogens with one attached hydrogen (secondary N) is 4. The number of alkyl carbamates (subject to hydrolysis) is 1. The first-order valence-electron chi connectivity index (χ1n) is 22.7. The Kier molecular flexibility index (Phi) is 32.2. The van der Waals surface area contributed by atoms with Crippen molar-refractivity contribution in [1.82, 2.24) is 26.2 Å². The van der Waals surface area contributed by atoms with E-state index in [-0.39, 0.29) is 157 Å². The quantitative estimate of drug-likeness (QED) is 0.0258. The summed E-state index contributed by atoms with van der Waals surface area (Å²) in [5, 5.41) is 23.2. The van der Waals surface area contributed by atoms with E-state index in [1.807, 2.05) is 41.5 Å². The van der Waals surface area contributed by atoms with E-state index in [0.717, 1.165) is 0 Å². The second-order valence-corrected chi connectivity index (χ2v) is 18.1. The number of hydrogen-bond donors (Lipinski definition) is 5. The maximum Gasteiger partial charge on any atom is 0.410 e.